The molecular formula is C15H19NO4S. The van der Waals surface area contributed by atoms with Gasteiger partial charge in [0.2, 0.25) is 5.91 Å². The summed E-state index contributed by atoms with van der Waals surface area (Å²) in [5.41, 5.74) is 1.19. The number of hydrogen-bond donors (Lipinski definition) is 2. The van der Waals surface area contributed by atoms with E-state index in [1.165, 1.54) is 10.5 Å². The van der Waals surface area contributed by atoms with Crippen molar-refractivity contribution >= 4 is 23.6 Å². The first-order valence-electron chi connectivity index (χ1n) is 6.87. The van der Waals surface area contributed by atoms with Crippen LogP contribution in [0.3, 0.4) is 0 Å². The number of aliphatic hydroxyl groups is 1. The van der Waals surface area contributed by atoms with Crippen molar-refractivity contribution in [3.05, 3.63) is 29.8 Å². The van der Waals surface area contributed by atoms with Gasteiger partial charge >= 0.3 is 5.97 Å². The first-order chi connectivity index (χ1) is 9.97. The Kier molecular flexibility index (Phi) is 5.25. The summed E-state index contributed by atoms with van der Waals surface area (Å²) in [6.45, 7) is 2.13. The molecule has 5 nitrogen and oxygen atoms in total. The third kappa shape index (κ3) is 4.22. The number of amides is 1. The number of thioether (sulfide) groups is 1. The molecule has 0 bridgehead atoms. The molecule has 6 heteroatoms. The molecule has 1 fully saturated rings. The van der Waals surface area contributed by atoms with E-state index >= 15 is 0 Å². The number of benzene rings is 1. The molecule has 0 spiro atoms. The normalized spacial score (nSPS) is 21.5. The van der Waals surface area contributed by atoms with E-state index in [1.54, 1.807) is 11.8 Å². The van der Waals surface area contributed by atoms with Crippen LogP contribution < -0.4 is 0 Å². The van der Waals surface area contributed by atoms with Crippen molar-refractivity contribution < 1.29 is 19.8 Å². The number of rotatable bonds is 5. The summed E-state index contributed by atoms with van der Waals surface area (Å²) in [4.78, 5) is 25.5. The van der Waals surface area contributed by atoms with Gasteiger partial charge in [0, 0.05) is 30.0 Å². The summed E-state index contributed by atoms with van der Waals surface area (Å²) in [7, 11) is 0. The van der Waals surface area contributed by atoms with Crippen LogP contribution >= 0.6 is 11.8 Å². The molecule has 1 aromatic rings. The summed E-state index contributed by atoms with van der Waals surface area (Å²) in [6.07, 6.45) is -0.346. The maximum atomic E-state index is 12.1. The smallest absolute Gasteiger partial charge is 0.326 e. The van der Waals surface area contributed by atoms with E-state index in [9.17, 15) is 14.7 Å². The average Bonchev–Trinajstić information content (AvgIpc) is 2.83. The Hall–Kier alpha value is -1.53. The van der Waals surface area contributed by atoms with Crippen LogP contribution in [0.1, 0.15) is 18.4 Å². The third-order valence-electron chi connectivity index (χ3n) is 3.49. The minimum Gasteiger partial charge on any atom is -0.480 e. The minimum absolute atomic E-state index is 0.116. The fourth-order valence-corrected chi connectivity index (χ4v) is 3.20. The molecule has 1 aromatic carbocycles. The molecule has 1 saturated heterocycles. The molecule has 0 radical (unpaired) electrons. The SMILES string of the molecule is Cc1ccc(SCCC(=O)N2CC(O)CC2C(=O)O)cc1. The first-order valence-corrected chi connectivity index (χ1v) is 7.85. The number of nitrogens with zero attached hydrogens (tertiary/aromatic N) is 1. The summed E-state index contributed by atoms with van der Waals surface area (Å²) in [6, 6.07) is 7.15. The van der Waals surface area contributed by atoms with Crippen molar-refractivity contribution in [2.75, 3.05) is 12.3 Å². The van der Waals surface area contributed by atoms with Gasteiger partial charge in [-0.15, -0.1) is 11.8 Å². The largest absolute Gasteiger partial charge is 0.480 e. The highest BCUT2D eigenvalue weighted by Crippen LogP contribution is 2.22. The molecule has 2 N–H and O–H groups in total. The van der Waals surface area contributed by atoms with Crippen molar-refractivity contribution in [3.8, 4) is 0 Å². The Labute approximate surface area is 128 Å². The lowest BCUT2D eigenvalue weighted by Gasteiger charge is -2.21. The van der Waals surface area contributed by atoms with Crippen molar-refractivity contribution in [2.45, 2.75) is 36.8 Å². The number of aliphatic hydroxyl groups excluding tert-OH is 1. The van der Waals surface area contributed by atoms with Gasteiger partial charge < -0.3 is 15.1 Å². The Morgan fingerprint density at radius 3 is 2.62 bits per heavy atom. The fraction of sp³-hybridized carbons (Fsp3) is 0.467. The lowest BCUT2D eigenvalue weighted by atomic mass is 10.2. The molecule has 0 aromatic heterocycles. The highest BCUT2D eigenvalue weighted by atomic mass is 32.2. The number of hydrogen-bond acceptors (Lipinski definition) is 4. The Balaban J connectivity index is 1.84. The van der Waals surface area contributed by atoms with E-state index in [0.717, 1.165) is 4.90 Å². The highest BCUT2D eigenvalue weighted by molar-refractivity contribution is 7.99. The van der Waals surface area contributed by atoms with Gasteiger partial charge in [0.05, 0.1) is 6.10 Å². The van der Waals surface area contributed by atoms with Crippen LogP contribution in [-0.2, 0) is 9.59 Å². The van der Waals surface area contributed by atoms with Crippen LogP contribution in [0.15, 0.2) is 29.2 Å². The number of carboxylic acid groups (broad SMARTS) is 1. The minimum atomic E-state index is -1.05. The van der Waals surface area contributed by atoms with Gasteiger partial charge in [-0.25, -0.2) is 4.79 Å². The van der Waals surface area contributed by atoms with Gasteiger partial charge in [-0.2, -0.15) is 0 Å². The molecule has 2 atom stereocenters. The second kappa shape index (κ2) is 6.95. The second-order valence-electron chi connectivity index (χ2n) is 5.20. The van der Waals surface area contributed by atoms with Gasteiger partial charge in [-0.1, -0.05) is 17.7 Å². The van der Waals surface area contributed by atoms with Crippen molar-refractivity contribution in [1.29, 1.82) is 0 Å². The predicted molar refractivity (Wildman–Crippen MR) is 80.3 cm³/mol. The Bertz CT molecular complexity index is 517. The molecule has 0 saturated carbocycles. The van der Waals surface area contributed by atoms with E-state index in [1.807, 2.05) is 31.2 Å². The highest BCUT2D eigenvalue weighted by Gasteiger charge is 2.38. The topological polar surface area (TPSA) is 77.8 Å². The maximum absolute atomic E-state index is 12.1. The van der Waals surface area contributed by atoms with Crippen LogP contribution in [0.2, 0.25) is 0 Å². The van der Waals surface area contributed by atoms with Crippen LogP contribution in [0.4, 0.5) is 0 Å². The summed E-state index contributed by atoms with van der Waals surface area (Å²) in [5, 5.41) is 18.6. The molecular weight excluding hydrogens is 290 g/mol. The zero-order chi connectivity index (χ0) is 15.4. The third-order valence-corrected chi connectivity index (χ3v) is 4.50. The van der Waals surface area contributed by atoms with E-state index < -0.39 is 18.1 Å². The lowest BCUT2D eigenvalue weighted by molar-refractivity contribution is -0.148. The maximum Gasteiger partial charge on any atom is 0.326 e. The van der Waals surface area contributed by atoms with Gasteiger partial charge in [-0.05, 0) is 19.1 Å². The monoisotopic (exact) mass is 309 g/mol. The standard InChI is InChI=1S/C15H19NO4S/c1-10-2-4-12(5-3-10)21-7-6-14(18)16-9-11(17)8-13(16)15(19)20/h2-5,11,13,17H,6-9H2,1H3,(H,19,20). The van der Waals surface area contributed by atoms with E-state index in [0.29, 0.717) is 5.75 Å². The quantitative estimate of drug-likeness (QED) is 0.807. The van der Waals surface area contributed by atoms with Crippen LogP contribution in [0, 0.1) is 6.92 Å². The summed E-state index contributed by atoms with van der Waals surface area (Å²) < 4.78 is 0. The van der Waals surface area contributed by atoms with Gasteiger partial charge in [-0.3, -0.25) is 4.79 Å². The molecule has 1 amide bonds. The molecule has 1 aliphatic rings. The van der Waals surface area contributed by atoms with Gasteiger partial charge in [0.15, 0.2) is 0 Å². The molecule has 2 rings (SSSR count). The van der Waals surface area contributed by atoms with E-state index in [2.05, 4.69) is 0 Å². The van der Waals surface area contributed by atoms with Crippen molar-refractivity contribution in [1.82, 2.24) is 4.90 Å². The number of carbonyl (C=O) groups is 2. The second-order valence-corrected chi connectivity index (χ2v) is 6.37. The summed E-state index contributed by atoms with van der Waals surface area (Å²) in [5.74, 6) is -0.662. The van der Waals surface area contributed by atoms with E-state index in [-0.39, 0.29) is 25.3 Å². The average molecular weight is 309 g/mol. The molecule has 1 aliphatic heterocycles. The van der Waals surface area contributed by atoms with Crippen LogP contribution in [0.25, 0.3) is 0 Å². The fourth-order valence-electron chi connectivity index (χ4n) is 2.36. The number of aryl methyl sites for hydroxylation is 1. The Morgan fingerprint density at radius 2 is 2.00 bits per heavy atom. The summed E-state index contributed by atoms with van der Waals surface area (Å²) >= 11 is 1.57. The molecule has 0 aliphatic carbocycles. The van der Waals surface area contributed by atoms with E-state index in [4.69, 9.17) is 5.11 Å². The first kappa shape index (κ1) is 15.9. The van der Waals surface area contributed by atoms with Crippen molar-refractivity contribution in [2.24, 2.45) is 0 Å². The Morgan fingerprint density at radius 1 is 1.33 bits per heavy atom. The number of carbonyl (C=O) groups excluding carboxylic acids is 1. The lowest BCUT2D eigenvalue weighted by Crippen LogP contribution is -2.40. The number of likely N-dealkylation sites (tertiary alicyclic amines) is 1. The number of aliphatic carboxylic acids is 1. The van der Waals surface area contributed by atoms with Crippen LogP contribution in [-0.4, -0.2) is 51.4 Å². The molecule has 21 heavy (non-hydrogen) atoms. The van der Waals surface area contributed by atoms with Gasteiger partial charge in [0.1, 0.15) is 6.04 Å². The van der Waals surface area contributed by atoms with Gasteiger partial charge in [0.25, 0.3) is 0 Å². The van der Waals surface area contributed by atoms with Crippen LogP contribution in [0.5, 0.6) is 0 Å². The number of β-amino-alcohol motifs (C(OH)–C–C–N with tert-alkyl or cyclic N) is 1. The number of carboxylic acids is 1. The predicted octanol–water partition coefficient (Wildman–Crippen LogP) is 1.52. The zero-order valence-electron chi connectivity index (χ0n) is 11.9. The molecule has 114 valence electrons. The molecule has 1 heterocycles. The molecule has 2 unspecified atom stereocenters. The zero-order valence-corrected chi connectivity index (χ0v) is 12.7. The van der Waals surface area contributed by atoms with Crippen molar-refractivity contribution in [3.63, 3.8) is 0 Å².